The van der Waals surface area contributed by atoms with Crippen molar-refractivity contribution in [1.29, 1.82) is 5.26 Å². The van der Waals surface area contributed by atoms with E-state index < -0.39 is 0 Å². The van der Waals surface area contributed by atoms with Gasteiger partial charge in [-0.1, -0.05) is 0 Å². The molecule has 1 aromatic carbocycles. The van der Waals surface area contributed by atoms with Crippen molar-refractivity contribution in [3.63, 3.8) is 0 Å². The Morgan fingerprint density at radius 3 is 2.57 bits per heavy atom. The Kier molecular flexibility index (Phi) is 6.92. The second kappa shape index (κ2) is 8.72. The van der Waals surface area contributed by atoms with Crippen molar-refractivity contribution < 1.29 is 14.3 Å². The minimum atomic E-state index is -0.258. The number of nitriles is 1. The number of methoxy groups -OCH3 is 1. The van der Waals surface area contributed by atoms with Crippen LogP contribution in [0.4, 0.5) is 0 Å². The summed E-state index contributed by atoms with van der Waals surface area (Å²) >= 11 is 0. The molecule has 1 rings (SSSR count). The van der Waals surface area contributed by atoms with Crippen LogP contribution in [0.1, 0.15) is 22.3 Å². The summed E-state index contributed by atoms with van der Waals surface area (Å²) in [7, 11) is 3.17. The van der Waals surface area contributed by atoms with Crippen LogP contribution in [0.3, 0.4) is 0 Å². The normalized spacial score (nSPS) is 9.76. The fourth-order valence-electron chi connectivity index (χ4n) is 1.70. The fourth-order valence-corrected chi connectivity index (χ4v) is 1.70. The molecule has 0 aliphatic rings. The Labute approximate surface area is 124 Å². The van der Waals surface area contributed by atoms with E-state index in [1.165, 1.54) is 4.90 Å². The van der Waals surface area contributed by atoms with Crippen LogP contribution < -0.4 is 5.32 Å². The van der Waals surface area contributed by atoms with E-state index in [-0.39, 0.29) is 18.4 Å². The number of hydrogen-bond donors (Lipinski definition) is 1. The Bertz CT molecular complexity index is 520. The fraction of sp³-hybridized carbons (Fsp3) is 0.400. The monoisotopic (exact) mass is 289 g/mol. The number of rotatable bonds is 7. The van der Waals surface area contributed by atoms with Gasteiger partial charge in [0.1, 0.15) is 0 Å². The topological polar surface area (TPSA) is 82.4 Å². The molecule has 0 aliphatic carbocycles. The van der Waals surface area contributed by atoms with Crippen molar-refractivity contribution >= 4 is 11.8 Å². The molecule has 0 bridgehead atoms. The lowest BCUT2D eigenvalue weighted by atomic mass is 10.1. The molecule has 112 valence electrons. The summed E-state index contributed by atoms with van der Waals surface area (Å²) < 4.78 is 4.88. The molecule has 6 nitrogen and oxygen atoms in total. The summed E-state index contributed by atoms with van der Waals surface area (Å²) in [5.41, 5.74) is 0.939. The van der Waals surface area contributed by atoms with Gasteiger partial charge in [-0.25, -0.2) is 0 Å². The summed E-state index contributed by atoms with van der Waals surface area (Å²) in [6.45, 7) is 1.09. The Morgan fingerprint density at radius 2 is 2.00 bits per heavy atom. The van der Waals surface area contributed by atoms with E-state index in [2.05, 4.69) is 5.32 Å². The first-order valence-electron chi connectivity index (χ1n) is 6.59. The highest BCUT2D eigenvalue weighted by atomic mass is 16.5. The third kappa shape index (κ3) is 5.63. The summed E-state index contributed by atoms with van der Waals surface area (Å²) in [6.07, 6.45) is 0.732. The number of carbonyl (C=O) groups is 2. The molecule has 21 heavy (non-hydrogen) atoms. The highest BCUT2D eigenvalue weighted by Crippen LogP contribution is 2.06. The summed E-state index contributed by atoms with van der Waals surface area (Å²) in [5.74, 6) is -0.470. The number of amides is 2. The average Bonchev–Trinajstić information content (AvgIpc) is 2.51. The number of benzene rings is 1. The van der Waals surface area contributed by atoms with Crippen molar-refractivity contribution in [2.45, 2.75) is 6.42 Å². The zero-order chi connectivity index (χ0) is 15.7. The molecule has 0 aromatic heterocycles. The Hall–Kier alpha value is -2.39. The lowest BCUT2D eigenvalue weighted by molar-refractivity contribution is -0.121. The number of ether oxygens (including phenoxy) is 1. The summed E-state index contributed by atoms with van der Waals surface area (Å²) in [6, 6.07) is 8.29. The third-order valence-electron chi connectivity index (χ3n) is 2.84. The molecule has 0 aliphatic heterocycles. The van der Waals surface area contributed by atoms with Crippen LogP contribution >= 0.6 is 0 Å². The molecule has 0 atom stereocenters. The molecule has 0 fully saturated rings. The van der Waals surface area contributed by atoms with Crippen LogP contribution in [0.2, 0.25) is 0 Å². The number of hydrogen-bond acceptors (Lipinski definition) is 4. The molecule has 1 N–H and O–H groups in total. The van der Waals surface area contributed by atoms with Gasteiger partial charge >= 0.3 is 0 Å². The standard InChI is InChI=1S/C15H19N3O3/c1-18(11-14(19)17-8-3-9-21-2)15(20)13-6-4-12(10-16)5-7-13/h4-7H,3,8-9,11H2,1-2H3,(H,17,19). The largest absolute Gasteiger partial charge is 0.385 e. The number of likely N-dealkylation sites (N-methyl/N-ethyl adjacent to an activating group) is 1. The smallest absolute Gasteiger partial charge is 0.254 e. The SMILES string of the molecule is COCCCNC(=O)CN(C)C(=O)c1ccc(C#N)cc1. The van der Waals surface area contributed by atoms with E-state index in [4.69, 9.17) is 10.00 Å². The van der Waals surface area contributed by atoms with Crippen LogP contribution in [0, 0.1) is 11.3 Å². The zero-order valence-electron chi connectivity index (χ0n) is 12.3. The van der Waals surface area contributed by atoms with Crippen molar-refractivity contribution in [1.82, 2.24) is 10.2 Å². The maximum atomic E-state index is 12.1. The number of nitrogens with one attached hydrogen (secondary N) is 1. The van der Waals surface area contributed by atoms with E-state index in [9.17, 15) is 9.59 Å². The average molecular weight is 289 g/mol. The van der Waals surface area contributed by atoms with Gasteiger partial charge in [-0.3, -0.25) is 9.59 Å². The van der Waals surface area contributed by atoms with Gasteiger partial charge in [0, 0.05) is 32.9 Å². The predicted molar refractivity (Wildman–Crippen MR) is 77.6 cm³/mol. The van der Waals surface area contributed by atoms with Gasteiger partial charge in [0.05, 0.1) is 18.2 Å². The van der Waals surface area contributed by atoms with Crippen molar-refractivity contribution in [3.05, 3.63) is 35.4 Å². The highest BCUT2D eigenvalue weighted by Gasteiger charge is 2.14. The quantitative estimate of drug-likeness (QED) is 0.752. The first kappa shape index (κ1) is 16.7. The molecule has 0 heterocycles. The highest BCUT2D eigenvalue weighted by molar-refractivity contribution is 5.96. The molecule has 0 saturated heterocycles. The maximum absolute atomic E-state index is 12.1. The summed E-state index contributed by atoms with van der Waals surface area (Å²) in [5, 5.41) is 11.4. The van der Waals surface area contributed by atoms with E-state index in [1.807, 2.05) is 6.07 Å². The van der Waals surface area contributed by atoms with E-state index >= 15 is 0 Å². The minimum Gasteiger partial charge on any atom is -0.385 e. The molecule has 0 unspecified atom stereocenters. The first-order chi connectivity index (χ1) is 10.1. The number of nitrogens with zero attached hydrogens (tertiary/aromatic N) is 2. The molecule has 6 heteroatoms. The molecule has 2 amide bonds. The lowest BCUT2D eigenvalue weighted by Gasteiger charge is -2.16. The first-order valence-corrected chi connectivity index (χ1v) is 6.59. The van der Waals surface area contributed by atoms with Crippen LogP contribution in [0.15, 0.2) is 24.3 Å². The predicted octanol–water partition coefficient (Wildman–Crippen LogP) is 0.783. The van der Waals surface area contributed by atoms with Gasteiger partial charge in [0.15, 0.2) is 0 Å². The van der Waals surface area contributed by atoms with Crippen LogP contribution in [-0.2, 0) is 9.53 Å². The van der Waals surface area contributed by atoms with Gasteiger partial charge in [0.2, 0.25) is 5.91 Å². The van der Waals surface area contributed by atoms with Gasteiger partial charge in [-0.05, 0) is 30.7 Å². The van der Waals surface area contributed by atoms with Gasteiger partial charge < -0.3 is 15.0 Å². The van der Waals surface area contributed by atoms with Crippen molar-refractivity contribution in [3.8, 4) is 6.07 Å². The van der Waals surface area contributed by atoms with Crippen LogP contribution in [-0.4, -0.2) is 50.6 Å². The zero-order valence-corrected chi connectivity index (χ0v) is 12.3. The maximum Gasteiger partial charge on any atom is 0.254 e. The van der Waals surface area contributed by atoms with Gasteiger partial charge in [0.25, 0.3) is 5.91 Å². The van der Waals surface area contributed by atoms with Crippen molar-refractivity contribution in [2.24, 2.45) is 0 Å². The molecule has 0 radical (unpaired) electrons. The second-order valence-electron chi connectivity index (χ2n) is 4.55. The number of carbonyl (C=O) groups excluding carboxylic acids is 2. The minimum absolute atomic E-state index is 0.00812. The van der Waals surface area contributed by atoms with E-state index in [0.29, 0.717) is 24.3 Å². The van der Waals surface area contributed by atoms with Crippen molar-refractivity contribution in [2.75, 3.05) is 33.9 Å². The van der Waals surface area contributed by atoms with Gasteiger partial charge in [-0.15, -0.1) is 0 Å². The third-order valence-corrected chi connectivity index (χ3v) is 2.84. The lowest BCUT2D eigenvalue weighted by Crippen LogP contribution is -2.38. The summed E-state index contributed by atoms with van der Waals surface area (Å²) in [4.78, 5) is 25.1. The van der Waals surface area contributed by atoms with Crippen LogP contribution in [0.25, 0.3) is 0 Å². The molecule has 1 aromatic rings. The Morgan fingerprint density at radius 1 is 1.33 bits per heavy atom. The Balaban J connectivity index is 2.46. The van der Waals surface area contributed by atoms with Crippen LogP contribution in [0.5, 0.6) is 0 Å². The molecule has 0 saturated carbocycles. The van der Waals surface area contributed by atoms with Gasteiger partial charge in [-0.2, -0.15) is 5.26 Å². The molecular weight excluding hydrogens is 270 g/mol. The van der Waals surface area contributed by atoms with E-state index in [1.54, 1.807) is 38.4 Å². The molecule has 0 spiro atoms. The van der Waals surface area contributed by atoms with E-state index in [0.717, 1.165) is 6.42 Å². The molecular formula is C15H19N3O3. The second-order valence-corrected chi connectivity index (χ2v) is 4.55.